The monoisotopic (exact) mass is 234 g/mol. The molecule has 1 aromatic rings. The molecule has 0 saturated carbocycles. The van der Waals surface area contributed by atoms with Gasteiger partial charge in [0.25, 0.3) is 0 Å². The fourth-order valence-corrected chi connectivity index (χ4v) is 2.83. The van der Waals surface area contributed by atoms with E-state index in [-0.39, 0.29) is 5.41 Å². The number of carboxylic acid groups (broad SMARTS) is 1. The van der Waals surface area contributed by atoms with Gasteiger partial charge in [0.1, 0.15) is 0 Å². The maximum Gasteiger partial charge on any atom is 0.310 e. The van der Waals surface area contributed by atoms with E-state index >= 15 is 0 Å². The molecular formula is C15H22O2. The lowest BCUT2D eigenvalue weighted by Crippen LogP contribution is -2.46. The summed E-state index contributed by atoms with van der Waals surface area (Å²) in [5, 5.41) is 9.62. The number of benzene rings is 1. The molecular weight excluding hydrogens is 212 g/mol. The summed E-state index contributed by atoms with van der Waals surface area (Å²) >= 11 is 0. The zero-order valence-corrected chi connectivity index (χ0v) is 11.2. The van der Waals surface area contributed by atoms with E-state index < -0.39 is 11.4 Å². The second-order valence-corrected chi connectivity index (χ2v) is 5.09. The summed E-state index contributed by atoms with van der Waals surface area (Å²) in [6.45, 7) is 7.98. The number of rotatable bonds is 5. The lowest BCUT2D eigenvalue weighted by Gasteiger charge is -2.43. The van der Waals surface area contributed by atoms with Crippen LogP contribution in [0, 0.1) is 5.41 Å². The van der Waals surface area contributed by atoms with Gasteiger partial charge in [0.15, 0.2) is 0 Å². The van der Waals surface area contributed by atoms with Crippen LogP contribution < -0.4 is 0 Å². The van der Waals surface area contributed by atoms with Crippen LogP contribution in [0.3, 0.4) is 0 Å². The van der Waals surface area contributed by atoms with Crippen LogP contribution in [0.15, 0.2) is 30.3 Å². The van der Waals surface area contributed by atoms with Crippen molar-refractivity contribution in [3.63, 3.8) is 0 Å². The first kappa shape index (κ1) is 13.8. The van der Waals surface area contributed by atoms with E-state index in [0.29, 0.717) is 12.8 Å². The van der Waals surface area contributed by atoms with Crippen molar-refractivity contribution in [1.29, 1.82) is 0 Å². The van der Waals surface area contributed by atoms with Gasteiger partial charge in [0.2, 0.25) is 0 Å². The summed E-state index contributed by atoms with van der Waals surface area (Å²) in [7, 11) is 0. The van der Waals surface area contributed by atoms with Gasteiger partial charge >= 0.3 is 5.97 Å². The SMILES string of the molecule is CCC(CC)(C(=O)O)C(C)(C)c1ccccc1. The highest BCUT2D eigenvalue weighted by Gasteiger charge is 2.49. The van der Waals surface area contributed by atoms with Crippen LogP contribution in [0.25, 0.3) is 0 Å². The lowest BCUT2D eigenvalue weighted by molar-refractivity contribution is -0.154. The smallest absolute Gasteiger partial charge is 0.310 e. The number of carbonyl (C=O) groups is 1. The maximum absolute atomic E-state index is 11.7. The van der Waals surface area contributed by atoms with Gasteiger partial charge in [0, 0.05) is 5.41 Å². The molecule has 1 aromatic carbocycles. The summed E-state index contributed by atoms with van der Waals surface area (Å²) in [6.07, 6.45) is 1.28. The Morgan fingerprint density at radius 1 is 1.12 bits per heavy atom. The van der Waals surface area contributed by atoms with Crippen molar-refractivity contribution in [2.24, 2.45) is 5.41 Å². The van der Waals surface area contributed by atoms with Crippen molar-refractivity contribution in [2.45, 2.75) is 46.0 Å². The third-order valence-corrected chi connectivity index (χ3v) is 4.31. The molecule has 94 valence electrons. The fraction of sp³-hybridized carbons (Fsp3) is 0.533. The van der Waals surface area contributed by atoms with Crippen LogP contribution >= 0.6 is 0 Å². The van der Waals surface area contributed by atoms with Crippen LogP contribution in [0.2, 0.25) is 0 Å². The van der Waals surface area contributed by atoms with Crippen LogP contribution in [0.4, 0.5) is 0 Å². The van der Waals surface area contributed by atoms with Crippen LogP contribution in [0.1, 0.15) is 46.1 Å². The molecule has 2 nitrogen and oxygen atoms in total. The lowest BCUT2D eigenvalue weighted by atomic mass is 9.59. The van der Waals surface area contributed by atoms with E-state index in [1.165, 1.54) is 0 Å². The molecule has 0 unspecified atom stereocenters. The van der Waals surface area contributed by atoms with Crippen LogP contribution in [0.5, 0.6) is 0 Å². The van der Waals surface area contributed by atoms with Crippen LogP contribution in [-0.2, 0) is 10.2 Å². The molecule has 0 atom stereocenters. The van der Waals surface area contributed by atoms with Crippen molar-refractivity contribution >= 4 is 5.97 Å². The van der Waals surface area contributed by atoms with Gasteiger partial charge in [0.05, 0.1) is 5.41 Å². The minimum absolute atomic E-state index is 0.371. The topological polar surface area (TPSA) is 37.3 Å². The van der Waals surface area contributed by atoms with E-state index in [2.05, 4.69) is 0 Å². The molecule has 0 radical (unpaired) electrons. The minimum Gasteiger partial charge on any atom is -0.481 e. The Balaban J connectivity index is 3.32. The maximum atomic E-state index is 11.7. The zero-order valence-electron chi connectivity index (χ0n) is 11.2. The minimum atomic E-state index is -0.700. The normalized spacial score (nSPS) is 12.5. The standard InChI is InChI=1S/C15H22O2/c1-5-15(6-2,13(16)17)14(3,4)12-10-8-7-9-11-12/h7-11H,5-6H2,1-4H3,(H,16,17). The molecule has 0 spiro atoms. The summed E-state index contributed by atoms with van der Waals surface area (Å²) < 4.78 is 0. The van der Waals surface area contributed by atoms with Gasteiger partial charge in [-0.15, -0.1) is 0 Å². The second kappa shape index (κ2) is 4.91. The van der Waals surface area contributed by atoms with Crippen molar-refractivity contribution in [1.82, 2.24) is 0 Å². The molecule has 0 aliphatic rings. The summed E-state index contributed by atoms with van der Waals surface area (Å²) in [6, 6.07) is 9.93. The molecule has 0 amide bonds. The molecule has 17 heavy (non-hydrogen) atoms. The van der Waals surface area contributed by atoms with Gasteiger partial charge in [-0.1, -0.05) is 58.0 Å². The number of hydrogen-bond donors (Lipinski definition) is 1. The Hall–Kier alpha value is -1.31. The van der Waals surface area contributed by atoms with Crippen molar-refractivity contribution in [3.8, 4) is 0 Å². The quantitative estimate of drug-likeness (QED) is 0.840. The third kappa shape index (κ3) is 2.08. The Morgan fingerprint density at radius 2 is 1.59 bits per heavy atom. The molecule has 0 saturated heterocycles. The molecule has 0 heterocycles. The second-order valence-electron chi connectivity index (χ2n) is 5.09. The molecule has 1 rings (SSSR count). The molecule has 0 aromatic heterocycles. The Morgan fingerprint density at radius 3 is 1.94 bits per heavy atom. The first-order chi connectivity index (χ1) is 7.92. The summed E-state index contributed by atoms with van der Waals surface area (Å²) in [5.74, 6) is -0.698. The Bertz CT molecular complexity index is 375. The van der Waals surface area contributed by atoms with E-state index in [9.17, 15) is 9.90 Å². The Kier molecular flexibility index (Phi) is 3.97. The van der Waals surface area contributed by atoms with Crippen molar-refractivity contribution in [3.05, 3.63) is 35.9 Å². The van der Waals surface area contributed by atoms with E-state index in [0.717, 1.165) is 5.56 Å². The van der Waals surface area contributed by atoms with Gasteiger partial charge in [-0.25, -0.2) is 0 Å². The molecule has 2 heteroatoms. The van der Waals surface area contributed by atoms with Gasteiger partial charge < -0.3 is 5.11 Å². The van der Waals surface area contributed by atoms with E-state index in [1.54, 1.807) is 0 Å². The van der Waals surface area contributed by atoms with Crippen LogP contribution in [-0.4, -0.2) is 11.1 Å². The van der Waals surface area contributed by atoms with E-state index in [4.69, 9.17) is 0 Å². The van der Waals surface area contributed by atoms with E-state index in [1.807, 2.05) is 58.0 Å². The third-order valence-electron chi connectivity index (χ3n) is 4.31. The molecule has 0 bridgehead atoms. The van der Waals surface area contributed by atoms with Gasteiger partial charge in [-0.05, 0) is 18.4 Å². The summed E-state index contributed by atoms with van der Waals surface area (Å²) in [5.41, 5.74) is 0.0175. The molecule has 1 N–H and O–H groups in total. The predicted octanol–water partition coefficient (Wildman–Crippen LogP) is 3.86. The Labute approximate surface area is 104 Å². The largest absolute Gasteiger partial charge is 0.481 e. The van der Waals surface area contributed by atoms with Crippen molar-refractivity contribution < 1.29 is 9.90 Å². The number of carboxylic acids is 1. The molecule has 0 fully saturated rings. The first-order valence-electron chi connectivity index (χ1n) is 6.21. The first-order valence-corrected chi connectivity index (χ1v) is 6.21. The highest BCUT2D eigenvalue weighted by molar-refractivity contribution is 5.77. The van der Waals surface area contributed by atoms with Gasteiger partial charge in [-0.3, -0.25) is 4.79 Å². The average Bonchev–Trinajstić information content (AvgIpc) is 2.31. The fourth-order valence-electron chi connectivity index (χ4n) is 2.83. The zero-order chi connectivity index (χ0) is 13.1. The predicted molar refractivity (Wildman–Crippen MR) is 70.1 cm³/mol. The number of aliphatic carboxylic acids is 1. The molecule has 0 aliphatic heterocycles. The molecule has 0 aliphatic carbocycles. The summed E-state index contributed by atoms with van der Waals surface area (Å²) in [4.78, 5) is 11.7. The van der Waals surface area contributed by atoms with Gasteiger partial charge in [-0.2, -0.15) is 0 Å². The highest BCUT2D eigenvalue weighted by atomic mass is 16.4. The number of hydrogen-bond acceptors (Lipinski definition) is 1. The average molecular weight is 234 g/mol. The van der Waals surface area contributed by atoms with Crippen molar-refractivity contribution in [2.75, 3.05) is 0 Å². The highest BCUT2D eigenvalue weighted by Crippen LogP contribution is 2.46.